The predicted octanol–water partition coefficient (Wildman–Crippen LogP) is 3.12. The molecule has 1 heterocycles. The first-order valence-corrected chi connectivity index (χ1v) is 12.1. The lowest BCUT2D eigenvalue weighted by Crippen LogP contribution is -2.43. The van der Waals surface area contributed by atoms with Gasteiger partial charge in [-0.25, -0.2) is 9.59 Å². The average Bonchev–Trinajstić information content (AvgIpc) is 3.43. The summed E-state index contributed by atoms with van der Waals surface area (Å²) >= 11 is 0. The van der Waals surface area contributed by atoms with Gasteiger partial charge in [-0.1, -0.05) is 57.2 Å². The summed E-state index contributed by atoms with van der Waals surface area (Å²) in [6, 6.07) is 11.6. The highest BCUT2D eigenvalue weighted by Crippen LogP contribution is 2.37. The summed E-state index contributed by atoms with van der Waals surface area (Å²) in [7, 11) is 0. The van der Waals surface area contributed by atoms with Gasteiger partial charge in [-0.05, 0) is 51.6 Å². The lowest BCUT2D eigenvalue weighted by molar-refractivity contribution is -0.139. The Morgan fingerprint density at radius 1 is 1.14 bits per heavy atom. The van der Waals surface area contributed by atoms with Crippen LogP contribution in [-0.2, 0) is 28.8 Å². The maximum absolute atomic E-state index is 12.1. The van der Waals surface area contributed by atoms with Crippen molar-refractivity contribution in [2.24, 2.45) is 10.4 Å². The molecule has 0 fully saturated rings. The smallest absolute Gasteiger partial charge is 0.407 e. The standard InChI is InChI=1S/C27H34N4O4/c1-27(2,3)16-35-26(34)31-23(24(32)33)14-18-5-7-22-20(13-18)15-19-12-17(4-6-21(19)22)8-9-28-25-29-10-11-30-25/h4-7,10,12-13,23,25,28,30H,8-9,11,14-16H2,1-3H3,(H,31,34)(H,32,33). The number of carbonyl (C=O) groups is 2. The molecule has 186 valence electrons. The van der Waals surface area contributed by atoms with Gasteiger partial charge in [0.05, 0.1) is 6.61 Å². The molecule has 1 aliphatic heterocycles. The lowest BCUT2D eigenvalue weighted by Gasteiger charge is -2.20. The molecule has 4 rings (SSSR count). The van der Waals surface area contributed by atoms with Gasteiger partial charge in [0, 0.05) is 25.7 Å². The zero-order valence-corrected chi connectivity index (χ0v) is 20.6. The molecule has 0 saturated carbocycles. The number of nitrogens with zero attached hydrogens (tertiary/aromatic N) is 1. The summed E-state index contributed by atoms with van der Waals surface area (Å²) in [5.74, 6) is -1.08. The topological polar surface area (TPSA) is 112 Å². The number of carboxylic acids is 1. The molecule has 1 aliphatic carbocycles. The van der Waals surface area contributed by atoms with Gasteiger partial charge in [0.2, 0.25) is 0 Å². The Morgan fingerprint density at radius 3 is 2.46 bits per heavy atom. The first kappa shape index (κ1) is 24.9. The summed E-state index contributed by atoms with van der Waals surface area (Å²) in [6.07, 6.45) is 3.10. The van der Waals surface area contributed by atoms with Gasteiger partial charge in [0.1, 0.15) is 6.04 Å². The quantitative estimate of drug-likeness (QED) is 0.376. The molecule has 1 amide bonds. The number of nitrogens with one attached hydrogen (secondary N) is 3. The second-order valence-electron chi connectivity index (χ2n) is 10.4. The van der Waals surface area contributed by atoms with Gasteiger partial charge < -0.3 is 15.2 Å². The summed E-state index contributed by atoms with van der Waals surface area (Å²) in [4.78, 5) is 28.2. The van der Waals surface area contributed by atoms with Crippen LogP contribution in [0.3, 0.4) is 0 Å². The molecule has 2 unspecified atom stereocenters. The van der Waals surface area contributed by atoms with E-state index in [0.717, 1.165) is 31.5 Å². The fourth-order valence-corrected chi connectivity index (χ4v) is 4.35. The van der Waals surface area contributed by atoms with E-state index in [1.165, 1.54) is 27.8 Å². The van der Waals surface area contributed by atoms with Crippen molar-refractivity contribution in [3.05, 3.63) is 58.7 Å². The fourth-order valence-electron chi connectivity index (χ4n) is 4.35. The van der Waals surface area contributed by atoms with Gasteiger partial charge in [-0.2, -0.15) is 0 Å². The Bertz CT molecular complexity index is 1120. The first-order valence-electron chi connectivity index (χ1n) is 12.1. The van der Waals surface area contributed by atoms with Crippen LogP contribution < -0.4 is 16.0 Å². The van der Waals surface area contributed by atoms with E-state index in [9.17, 15) is 14.7 Å². The molecule has 2 atom stereocenters. The van der Waals surface area contributed by atoms with Crippen molar-refractivity contribution < 1.29 is 19.4 Å². The van der Waals surface area contributed by atoms with Crippen LogP contribution >= 0.6 is 0 Å². The normalized spacial score (nSPS) is 17.1. The van der Waals surface area contributed by atoms with Crippen LogP contribution in [0.1, 0.15) is 43.0 Å². The fraction of sp³-hybridized carbons (Fsp3) is 0.444. The van der Waals surface area contributed by atoms with Crippen molar-refractivity contribution in [1.29, 1.82) is 0 Å². The molecule has 4 N–H and O–H groups in total. The third-order valence-corrected chi connectivity index (χ3v) is 6.08. The van der Waals surface area contributed by atoms with E-state index >= 15 is 0 Å². The number of fused-ring (bicyclic) bond motifs is 3. The molecular weight excluding hydrogens is 444 g/mol. The molecular formula is C27H34N4O4. The summed E-state index contributed by atoms with van der Waals surface area (Å²) in [6.45, 7) is 7.70. The molecule has 8 heteroatoms. The van der Waals surface area contributed by atoms with Gasteiger partial charge >= 0.3 is 12.1 Å². The van der Waals surface area contributed by atoms with E-state index in [-0.39, 0.29) is 24.7 Å². The average molecular weight is 479 g/mol. The number of alkyl carbamates (subject to hydrolysis) is 1. The van der Waals surface area contributed by atoms with Crippen molar-refractivity contribution in [2.45, 2.75) is 52.4 Å². The molecule has 2 aromatic rings. The monoisotopic (exact) mass is 478 g/mol. The third kappa shape index (κ3) is 6.68. The molecule has 8 nitrogen and oxygen atoms in total. The predicted molar refractivity (Wildman–Crippen MR) is 136 cm³/mol. The Morgan fingerprint density at radius 2 is 1.83 bits per heavy atom. The maximum atomic E-state index is 12.1. The van der Waals surface area contributed by atoms with E-state index in [1.54, 1.807) is 0 Å². The second-order valence-corrected chi connectivity index (χ2v) is 10.4. The van der Waals surface area contributed by atoms with Crippen LogP contribution in [0.4, 0.5) is 4.79 Å². The minimum absolute atomic E-state index is 0.0107. The van der Waals surface area contributed by atoms with Gasteiger partial charge in [-0.15, -0.1) is 0 Å². The van der Waals surface area contributed by atoms with Crippen molar-refractivity contribution in [3.8, 4) is 11.1 Å². The highest BCUT2D eigenvalue weighted by atomic mass is 16.5. The number of hydrogen-bond donors (Lipinski definition) is 4. The van der Waals surface area contributed by atoms with Crippen LogP contribution in [0.2, 0.25) is 0 Å². The molecule has 0 aromatic heterocycles. The SMILES string of the molecule is CC(C)(C)COC(=O)NC(Cc1ccc2c(c1)Cc1cc(CCNC3N=CCN3)ccc1-2)C(=O)O. The maximum Gasteiger partial charge on any atom is 0.407 e. The van der Waals surface area contributed by atoms with E-state index < -0.39 is 18.1 Å². The van der Waals surface area contributed by atoms with Gasteiger partial charge in [-0.3, -0.25) is 15.6 Å². The number of aliphatic carboxylic acids is 1. The highest BCUT2D eigenvalue weighted by Gasteiger charge is 2.24. The molecule has 2 aromatic carbocycles. The molecule has 0 saturated heterocycles. The minimum Gasteiger partial charge on any atom is -0.480 e. The van der Waals surface area contributed by atoms with Gasteiger partial charge in [0.25, 0.3) is 0 Å². The molecule has 35 heavy (non-hydrogen) atoms. The zero-order valence-electron chi connectivity index (χ0n) is 20.6. The number of ether oxygens (including phenoxy) is 1. The van der Waals surface area contributed by atoms with Gasteiger partial charge in [0.15, 0.2) is 6.29 Å². The Kier molecular flexibility index (Phi) is 7.52. The van der Waals surface area contributed by atoms with Crippen LogP contribution in [0, 0.1) is 5.41 Å². The molecule has 0 spiro atoms. The minimum atomic E-state index is -1.08. The van der Waals surface area contributed by atoms with Crippen LogP contribution in [0.25, 0.3) is 11.1 Å². The Hall–Kier alpha value is -3.23. The summed E-state index contributed by atoms with van der Waals surface area (Å²) in [5, 5.41) is 18.7. The Labute approximate surface area is 206 Å². The summed E-state index contributed by atoms with van der Waals surface area (Å²) in [5.41, 5.74) is 6.82. The van der Waals surface area contributed by atoms with Crippen molar-refractivity contribution in [1.82, 2.24) is 16.0 Å². The van der Waals surface area contributed by atoms with Crippen molar-refractivity contribution >= 4 is 18.3 Å². The number of hydrogen-bond acceptors (Lipinski definition) is 6. The number of benzene rings is 2. The van der Waals surface area contributed by atoms with Crippen molar-refractivity contribution in [2.75, 3.05) is 19.7 Å². The number of amides is 1. The second kappa shape index (κ2) is 10.6. The molecule has 0 radical (unpaired) electrons. The first-order chi connectivity index (χ1) is 16.7. The van der Waals surface area contributed by atoms with Crippen LogP contribution in [-0.4, -0.2) is 55.4 Å². The number of rotatable bonds is 9. The molecule has 2 aliphatic rings. The van der Waals surface area contributed by atoms with Crippen LogP contribution in [0.5, 0.6) is 0 Å². The summed E-state index contributed by atoms with van der Waals surface area (Å²) < 4.78 is 5.18. The van der Waals surface area contributed by atoms with E-state index in [2.05, 4.69) is 51.3 Å². The van der Waals surface area contributed by atoms with Crippen molar-refractivity contribution in [3.63, 3.8) is 0 Å². The molecule has 0 bridgehead atoms. The number of carbonyl (C=O) groups excluding carboxylic acids is 1. The number of carboxylic acid groups (broad SMARTS) is 1. The third-order valence-electron chi connectivity index (χ3n) is 6.08. The number of aliphatic imine (C=N–C) groups is 1. The zero-order chi connectivity index (χ0) is 25.0. The van der Waals surface area contributed by atoms with E-state index in [4.69, 9.17) is 4.74 Å². The lowest BCUT2D eigenvalue weighted by atomic mass is 9.99. The van der Waals surface area contributed by atoms with Crippen LogP contribution in [0.15, 0.2) is 41.4 Å². The largest absolute Gasteiger partial charge is 0.480 e. The highest BCUT2D eigenvalue weighted by molar-refractivity contribution is 5.81. The Balaban J connectivity index is 1.37. The van der Waals surface area contributed by atoms with E-state index in [1.807, 2.05) is 33.1 Å². The van der Waals surface area contributed by atoms with E-state index in [0.29, 0.717) is 0 Å².